The van der Waals surface area contributed by atoms with Crippen molar-refractivity contribution in [1.29, 1.82) is 0 Å². The first-order valence-electron chi connectivity index (χ1n) is 7.95. The number of hydrogen-bond donors (Lipinski definition) is 1. The largest absolute Gasteiger partial charge is 0.497 e. The zero-order valence-corrected chi connectivity index (χ0v) is 13.6. The van der Waals surface area contributed by atoms with Crippen LogP contribution in [0.3, 0.4) is 0 Å². The van der Waals surface area contributed by atoms with E-state index < -0.39 is 0 Å². The second kappa shape index (κ2) is 4.91. The summed E-state index contributed by atoms with van der Waals surface area (Å²) >= 11 is 0. The van der Waals surface area contributed by atoms with Crippen molar-refractivity contribution >= 4 is 0 Å². The Labute approximate surface area is 127 Å². The normalized spacial score (nSPS) is 34.1. The standard InChI is InChI=1S/C18H27NO2/c1-12-8-17(2,3)11-18(9-12)10-15(19)14-7-13(20-4)5-6-16(14)21-18/h5-7,12,15H,8-11,19H2,1-4H3/t12?,15-,18?/m1/s1. The fraction of sp³-hybridized carbons (Fsp3) is 0.667. The van der Waals surface area contributed by atoms with Gasteiger partial charge in [-0.05, 0) is 48.8 Å². The number of nitrogens with two attached hydrogens (primary N) is 1. The maximum absolute atomic E-state index is 6.50. The number of fused-ring (bicyclic) bond motifs is 1. The van der Waals surface area contributed by atoms with Gasteiger partial charge in [0.1, 0.15) is 17.1 Å². The molecule has 0 aromatic heterocycles. The summed E-state index contributed by atoms with van der Waals surface area (Å²) in [6.07, 6.45) is 4.36. The Balaban J connectivity index is 1.94. The summed E-state index contributed by atoms with van der Waals surface area (Å²) < 4.78 is 11.8. The Kier molecular flexibility index (Phi) is 3.44. The van der Waals surface area contributed by atoms with Crippen molar-refractivity contribution in [2.24, 2.45) is 17.1 Å². The topological polar surface area (TPSA) is 44.5 Å². The molecule has 0 radical (unpaired) electrons. The molecule has 1 spiro atoms. The number of methoxy groups -OCH3 is 1. The van der Waals surface area contributed by atoms with Gasteiger partial charge in [0.15, 0.2) is 0 Å². The second-order valence-electron chi connectivity index (χ2n) is 7.85. The molecule has 2 aliphatic rings. The van der Waals surface area contributed by atoms with Gasteiger partial charge in [-0.15, -0.1) is 0 Å². The van der Waals surface area contributed by atoms with E-state index in [2.05, 4.69) is 20.8 Å². The van der Waals surface area contributed by atoms with Crippen LogP contribution in [0.2, 0.25) is 0 Å². The van der Waals surface area contributed by atoms with Crippen molar-refractivity contribution in [3.8, 4) is 11.5 Å². The molecule has 2 N–H and O–H groups in total. The summed E-state index contributed by atoms with van der Waals surface area (Å²) in [6, 6.07) is 6.03. The molecule has 116 valence electrons. The second-order valence-corrected chi connectivity index (χ2v) is 7.85. The Morgan fingerprint density at radius 1 is 1.24 bits per heavy atom. The number of benzene rings is 1. The highest BCUT2D eigenvalue weighted by Gasteiger charge is 2.48. The van der Waals surface area contributed by atoms with Gasteiger partial charge in [-0.1, -0.05) is 20.8 Å². The van der Waals surface area contributed by atoms with Crippen LogP contribution < -0.4 is 15.2 Å². The minimum atomic E-state index is -0.0951. The van der Waals surface area contributed by atoms with Crippen LogP contribution in [0.5, 0.6) is 11.5 Å². The molecule has 1 saturated carbocycles. The lowest BCUT2D eigenvalue weighted by atomic mass is 9.63. The average Bonchev–Trinajstić information content (AvgIpc) is 2.35. The maximum atomic E-state index is 6.50. The minimum Gasteiger partial charge on any atom is -0.497 e. The molecule has 0 amide bonds. The summed E-state index contributed by atoms with van der Waals surface area (Å²) in [5.41, 5.74) is 7.78. The molecule has 0 saturated heterocycles. The lowest BCUT2D eigenvalue weighted by molar-refractivity contribution is -0.0571. The van der Waals surface area contributed by atoms with Gasteiger partial charge in [-0.2, -0.15) is 0 Å². The van der Waals surface area contributed by atoms with Gasteiger partial charge in [-0.25, -0.2) is 0 Å². The summed E-state index contributed by atoms with van der Waals surface area (Å²) in [7, 11) is 1.68. The number of ether oxygens (including phenoxy) is 2. The molecule has 3 atom stereocenters. The SMILES string of the molecule is COc1ccc2c(c1)[C@H](N)CC1(CC(C)CC(C)(C)C1)O2. The van der Waals surface area contributed by atoms with E-state index in [1.54, 1.807) is 7.11 Å². The predicted molar refractivity (Wildman–Crippen MR) is 84.7 cm³/mol. The highest BCUT2D eigenvalue weighted by Crippen LogP contribution is 2.52. The van der Waals surface area contributed by atoms with Crippen molar-refractivity contribution in [3.05, 3.63) is 23.8 Å². The van der Waals surface area contributed by atoms with E-state index in [-0.39, 0.29) is 11.6 Å². The van der Waals surface area contributed by atoms with Crippen LogP contribution in [0.15, 0.2) is 18.2 Å². The van der Waals surface area contributed by atoms with Gasteiger partial charge in [0.25, 0.3) is 0 Å². The van der Waals surface area contributed by atoms with Gasteiger partial charge < -0.3 is 15.2 Å². The summed E-state index contributed by atoms with van der Waals surface area (Å²) in [5, 5.41) is 0. The average molecular weight is 289 g/mol. The summed E-state index contributed by atoms with van der Waals surface area (Å²) in [4.78, 5) is 0. The molecule has 1 aromatic rings. The smallest absolute Gasteiger partial charge is 0.125 e. The predicted octanol–water partition coefficient (Wildman–Crippen LogP) is 4.06. The van der Waals surface area contributed by atoms with E-state index in [1.165, 1.54) is 6.42 Å². The third kappa shape index (κ3) is 2.76. The van der Waals surface area contributed by atoms with Gasteiger partial charge in [0.05, 0.1) is 7.11 Å². The van der Waals surface area contributed by atoms with Crippen LogP contribution in [-0.4, -0.2) is 12.7 Å². The van der Waals surface area contributed by atoms with Crippen molar-refractivity contribution in [2.75, 3.05) is 7.11 Å². The lowest BCUT2D eigenvalue weighted by Crippen LogP contribution is -2.50. The van der Waals surface area contributed by atoms with E-state index in [4.69, 9.17) is 15.2 Å². The van der Waals surface area contributed by atoms with E-state index in [0.29, 0.717) is 11.3 Å². The van der Waals surface area contributed by atoms with Crippen molar-refractivity contribution in [2.45, 2.75) is 58.1 Å². The first-order chi connectivity index (χ1) is 9.82. The van der Waals surface area contributed by atoms with Crippen LogP contribution >= 0.6 is 0 Å². The molecule has 1 aliphatic heterocycles. The van der Waals surface area contributed by atoms with Gasteiger partial charge >= 0.3 is 0 Å². The quantitative estimate of drug-likeness (QED) is 0.848. The van der Waals surface area contributed by atoms with Crippen LogP contribution in [0.4, 0.5) is 0 Å². The summed E-state index contributed by atoms with van der Waals surface area (Å²) in [6.45, 7) is 7.03. The minimum absolute atomic E-state index is 0.0324. The molecule has 3 heteroatoms. The molecule has 3 rings (SSSR count). The molecule has 1 aromatic carbocycles. The monoisotopic (exact) mass is 289 g/mol. The summed E-state index contributed by atoms with van der Waals surface area (Å²) in [5.74, 6) is 2.47. The Morgan fingerprint density at radius 2 is 2.00 bits per heavy atom. The van der Waals surface area contributed by atoms with E-state index in [0.717, 1.165) is 36.3 Å². The molecule has 0 bridgehead atoms. The number of hydrogen-bond acceptors (Lipinski definition) is 3. The Morgan fingerprint density at radius 3 is 2.67 bits per heavy atom. The van der Waals surface area contributed by atoms with Crippen LogP contribution in [0.25, 0.3) is 0 Å². The fourth-order valence-corrected chi connectivity index (χ4v) is 4.72. The van der Waals surface area contributed by atoms with Gasteiger partial charge in [0, 0.05) is 18.0 Å². The van der Waals surface area contributed by atoms with E-state index in [9.17, 15) is 0 Å². The van der Waals surface area contributed by atoms with Gasteiger partial charge in [0.2, 0.25) is 0 Å². The van der Waals surface area contributed by atoms with E-state index in [1.807, 2.05) is 18.2 Å². The van der Waals surface area contributed by atoms with Crippen molar-refractivity contribution in [1.82, 2.24) is 0 Å². The highest BCUT2D eigenvalue weighted by molar-refractivity contribution is 5.44. The Bertz CT molecular complexity index is 540. The molecule has 3 nitrogen and oxygen atoms in total. The fourth-order valence-electron chi connectivity index (χ4n) is 4.72. The molecule has 1 fully saturated rings. The molecular formula is C18H27NO2. The highest BCUT2D eigenvalue weighted by atomic mass is 16.5. The lowest BCUT2D eigenvalue weighted by Gasteiger charge is -2.50. The first kappa shape index (κ1) is 14.7. The maximum Gasteiger partial charge on any atom is 0.125 e. The van der Waals surface area contributed by atoms with Crippen LogP contribution in [-0.2, 0) is 0 Å². The third-order valence-corrected chi connectivity index (χ3v) is 4.96. The molecule has 2 unspecified atom stereocenters. The molecular weight excluding hydrogens is 262 g/mol. The molecule has 1 heterocycles. The van der Waals surface area contributed by atoms with Crippen LogP contribution in [0, 0.1) is 11.3 Å². The van der Waals surface area contributed by atoms with Gasteiger partial charge in [-0.3, -0.25) is 0 Å². The van der Waals surface area contributed by atoms with Crippen molar-refractivity contribution in [3.63, 3.8) is 0 Å². The zero-order chi connectivity index (χ0) is 15.3. The molecule has 1 aliphatic carbocycles. The molecule has 21 heavy (non-hydrogen) atoms. The Hall–Kier alpha value is -1.22. The van der Waals surface area contributed by atoms with E-state index >= 15 is 0 Å². The third-order valence-electron chi connectivity index (χ3n) is 4.96. The zero-order valence-electron chi connectivity index (χ0n) is 13.6. The number of rotatable bonds is 1. The first-order valence-corrected chi connectivity index (χ1v) is 7.95. The van der Waals surface area contributed by atoms with Crippen LogP contribution in [0.1, 0.15) is 58.1 Å². The van der Waals surface area contributed by atoms with Crippen molar-refractivity contribution < 1.29 is 9.47 Å².